The monoisotopic (exact) mass is 304 g/mol. The highest BCUT2D eigenvalue weighted by Crippen LogP contribution is 2.09. The maximum atomic E-state index is 11.7. The van der Waals surface area contributed by atoms with Crippen molar-refractivity contribution in [2.24, 2.45) is 0 Å². The van der Waals surface area contributed by atoms with Gasteiger partial charge in [-0.2, -0.15) is 0 Å². The molecule has 2 aromatic rings. The second-order valence-corrected chi connectivity index (χ2v) is 4.43. The van der Waals surface area contributed by atoms with Crippen LogP contribution in [0, 0.1) is 0 Å². The van der Waals surface area contributed by atoms with Crippen molar-refractivity contribution in [2.75, 3.05) is 19.5 Å². The lowest BCUT2D eigenvalue weighted by Gasteiger charge is -2.06. The van der Waals surface area contributed by atoms with E-state index < -0.39 is 11.9 Å². The molecule has 2 rings (SSSR count). The van der Waals surface area contributed by atoms with Crippen molar-refractivity contribution in [2.45, 2.75) is 13.0 Å². The number of anilines is 1. The first kappa shape index (κ1) is 15.5. The highest BCUT2D eigenvalue weighted by atomic mass is 16.5. The Morgan fingerprint density at radius 1 is 1.27 bits per heavy atom. The molecular weight excluding hydrogens is 288 g/mol. The van der Waals surface area contributed by atoms with Crippen molar-refractivity contribution in [3.8, 4) is 0 Å². The van der Waals surface area contributed by atoms with Crippen LogP contribution < -0.4 is 5.73 Å². The average Bonchev–Trinajstić information content (AvgIpc) is 2.88. The van der Waals surface area contributed by atoms with Crippen LogP contribution in [0.25, 0.3) is 0 Å². The molecule has 0 aliphatic carbocycles. The molecule has 8 heteroatoms. The maximum absolute atomic E-state index is 11.7. The minimum atomic E-state index is -0.707. The van der Waals surface area contributed by atoms with Gasteiger partial charge in [0.2, 0.25) is 5.69 Å². The zero-order chi connectivity index (χ0) is 15.9. The van der Waals surface area contributed by atoms with Gasteiger partial charge in [-0.15, -0.1) is 5.10 Å². The Bertz CT molecular complexity index is 654. The second kappa shape index (κ2) is 7.21. The SMILES string of the molecule is COC(=O)c1nnn(CC(=O)OCCc2ccccc2)c1N. The number of hydrogen-bond donors (Lipinski definition) is 1. The standard InChI is InChI=1S/C14H16N4O4/c1-21-14(20)12-13(15)18(17-16-12)9-11(19)22-8-7-10-5-3-2-4-6-10/h2-6H,7-9,15H2,1H3. The van der Waals surface area contributed by atoms with Gasteiger partial charge in [0.25, 0.3) is 0 Å². The Kier molecular flexibility index (Phi) is 5.07. The maximum Gasteiger partial charge on any atom is 0.362 e. The van der Waals surface area contributed by atoms with E-state index in [1.807, 2.05) is 30.3 Å². The number of rotatable bonds is 6. The largest absolute Gasteiger partial charge is 0.464 e. The van der Waals surface area contributed by atoms with E-state index >= 15 is 0 Å². The number of benzene rings is 1. The van der Waals surface area contributed by atoms with E-state index in [0.29, 0.717) is 6.42 Å². The predicted molar refractivity (Wildman–Crippen MR) is 76.9 cm³/mol. The zero-order valence-corrected chi connectivity index (χ0v) is 12.1. The number of nitrogens with zero attached hydrogens (tertiary/aromatic N) is 3. The van der Waals surface area contributed by atoms with E-state index in [-0.39, 0.29) is 24.7 Å². The lowest BCUT2D eigenvalue weighted by atomic mass is 10.2. The third-order valence-electron chi connectivity index (χ3n) is 2.93. The number of nitrogens with two attached hydrogens (primary N) is 1. The molecule has 0 saturated heterocycles. The quantitative estimate of drug-likeness (QED) is 0.771. The van der Waals surface area contributed by atoms with E-state index in [4.69, 9.17) is 10.5 Å². The Hall–Kier alpha value is -2.90. The molecule has 0 amide bonds. The molecular formula is C14H16N4O4. The van der Waals surface area contributed by atoms with Crippen LogP contribution in [0.2, 0.25) is 0 Å². The molecule has 1 aromatic carbocycles. The number of methoxy groups -OCH3 is 1. The molecule has 1 aromatic heterocycles. The molecule has 1 heterocycles. The van der Waals surface area contributed by atoms with E-state index in [1.165, 1.54) is 7.11 Å². The molecule has 0 fully saturated rings. The summed E-state index contributed by atoms with van der Waals surface area (Å²) in [7, 11) is 1.21. The Balaban J connectivity index is 1.85. The minimum absolute atomic E-state index is 0.0353. The number of aromatic nitrogens is 3. The molecule has 0 saturated carbocycles. The molecule has 0 aliphatic heterocycles. The summed E-state index contributed by atoms with van der Waals surface area (Å²) in [6.45, 7) is 0.0337. The first-order valence-corrected chi connectivity index (χ1v) is 6.58. The molecule has 0 aliphatic rings. The molecule has 2 N–H and O–H groups in total. The average molecular weight is 304 g/mol. The van der Waals surface area contributed by atoms with Gasteiger partial charge in [-0.05, 0) is 5.56 Å². The first-order chi connectivity index (χ1) is 10.6. The lowest BCUT2D eigenvalue weighted by molar-refractivity contribution is -0.144. The predicted octanol–water partition coefficient (Wildman–Crippen LogP) is 0.433. The lowest BCUT2D eigenvalue weighted by Crippen LogP contribution is -2.18. The molecule has 8 nitrogen and oxygen atoms in total. The fourth-order valence-electron chi connectivity index (χ4n) is 1.77. The summed E-state index contributed by atoms with van der Waals surface area (Å²) in [5.41, 5.74) is 6.62. The summed E-state index contributed by atoms with van der Waals surface area (Å²) >= 11 is 0. The highest BCUT2D eigenvalue weighted by molar-refractivity contribution is 5.91. The highest BCUT2D eigenvalue weighted by Gasteiger charge is 2.19. The smallest absolute Gasteiger partial charge is 0.362 e. The van der Waals surface area contributed by atoms with Crippen molar-refractivity contribution in [1.82, 2.24) is 15.0 Å². The molecule has 22 heavy (non-hydrogen) atoms. The molecule has 0 unspecified atom stereocenters. The summed E-state index contributed by atoms with van der Waals surface area (Å²) in [5, 5.41) is 7.20. The van der Waals surface area contributed by atoms with Gasteiger partial charge in [0.05, 0.1) is 13.7 Å². The summed E-state index contributed by atoms with van der Waals surface area (Å²) in [6.07, 6.45) is 0.618. The fourth-order valence-corrected chi connectivity index (χ4v) is 1.77. The summed E-state index contributed by atoms with van der Waals surface area (Å²) in [5.74, 6) is -1.25. The number of nitrogen functional groups attached to an aromatic ring is 1. The molecule has 0 spiro atoms. The first-order valence-electron chi connectivity index (χ1n) is 6.58. The summed E-state index contributed by atoms with van der Waals surface area (Å²) < 4.78 is 10.7. The van der Waals surface area contributed by atoms with Crippen molar-refractivity contribution < 1.29 is 19.1 Å². The van der Waals surface area contributed by atoms with E-state index in [9.17, 15) is 9.59 Å². The molecule has 0 bridgehead atoms. The van der Waals surface area contributed by atoms with Crippen LogP contribution in [-0.2, 0) is 27.2 Å². The number of carbonyl (C=O) groups excluding carboxylic acids is 2. The Morgan fingerprint density at radius 2 is 2.00 bits per heavy atom. The third-order valence-corrected chi connectivity index (χ3v) is 2.93. The second-order valence-electron chi connectivity index (χ2n) is 4.43. The normalized spacial score (nSPS) is 10.2. The third kappa shape index (κ3) is 3.81. The Labute approximate surface area is 126 Å². The molecule has 116 valence electrons. The molecule has 0 radical (unpaired) electrons. The number of carbonyl (C=O) groups is 2. The van der Waals surface area contributed by atoms with Crippen LogP contribution in [0.1, 0.15) is 16.1 Å². The van der Waals surface area contributed by atoms with Crippen molar-refractivity contribution in [1.29, 1.82) is 0 Å². The van der Waals surface area contributed by atoms with E-state index in [0.717, 1.165) is 10.2 Å². The van der Waals surface area contributed by atoms with Crippen LogP contribution in [0.5, 0.6) is 0 Å². The van der Waals surface area contributed by atoms with E-state index in [2.05, 4.69) is 15.0 Å². The summed E-state index contributed by atoms with van der Waals surface area (Å²) in [6, 6.07) is 9.66. The van der Waals surface area contributed by atoms with Crippen molar-refractivity contribution in [3.63, 3.8) is 0 Å². The minimum Gasteiger partial charge on any atom is -0.464 e. The van der Waals surface area contributed by atoms with E-state index in [1.54, 1.807) is 0 Å². The van der Waals surface area contributed by atoms with Crippen LogP contribution in [-0.4, -0.2) is 40.6 Å². The van der Waals surface area contributed by atoms with Crippen LogP contribution in [0.4, 0.5) is 5.82 Å². The van der Waals surface area contributed by atoms with Crippen LogP contribution >= 0.6 is 0 Å². The Morgan fingerprint density at radius 3 is 2.68 bits per heavy atom. The fraction of sp³-hybridized carbons (Fsp3) is 0.286. The van der Waals surface area contributed by atoms with Gasteiger partial charge in [-0.1, -0.05) is 35.5 Å². The number of ether oxygens (including phenoxy) is 2. The van der Waals surface area contributed by atoms with Crippen molar-refractivity contribution in [3.05, 3.63) is 41.6 Å². The molecule has 0 atom stereocenters. The number of hydrogen-bond acceptors (Lipinski definition) is 7. The van der Waals surface area contributed by atoms with Crippen LogP contribution in [0.15, 0.2) is 30.3 Å². The number of esters is 2. The van der Waals surface area contributed by atoms with Gasteiger partial charge in [0.15, 0.2) is 5.82 Å². The zero-order valence-electron chi connectivity index (χ0n) is 12.1. The van der Waals surface area contributed by atoms with Gasteiger partial charge in [0.1, 0.15) is 6.54 Å². The topological polar surface area (TPSA) is 109 Å². The van der Waals surface area contributed by atoms with Gasteiger partial charge in [-0.25, -0.2) is 9.48 Å². The van der Waals surface area contributed by atoms with Gasteiger partial charge >= 0.3 is 11.9 Å². The van der Waals surface area contributed by atoms with Crippen molar-refractivity contribution >= 4 is 17.8 Å². The van der Waals surface area contributed by atoms with Crippen LogP contribution in [0.3, 0.4) is 0 Å². The summed E-state index contributed by atoms with van der Waals surface area (Å²) in [4.78, 5) is 23.0. The van der Waals surface area contributed by atoms with Gasteiger partial charge in [-0.3, -0.25) is 4.79 Å². The van der Waals surface area contributed by atoms with Gasteiger partial charge < -0.3 is 15.2 Å². The van der Waals surface area contributed by atoms with Gasteiger partial charge in [0, 0.05) is 6.42 Å².